The average molecular weight is 284 g/mol. The number of ether oxygens (including phenoxy) is 1. The van der Waals surface area contributed by atoms with Crippen LogP contribution in [0.2, 0.25) is 0 Å². The van der Waals surface area contributed by atoms with Crippen LogP contribution in [0.15, 0.2) is 16.6 Å². The van der Waals surface area contributed by atoms with Crippen molar-refractivity contribution < 1.29 is 4.74 Å². The summed E-state index contributed by atoms with van der Waals surface area (Å²) in [5, 5.41) is 0. The van der Waals surface area contributed by atoms with Crippen molar-refractivity contribution in [1.29, 1.82) is 0 Å². The van der Waals surface area contributed by atoms with E-state index in [1.807, 2.05) is 0 Å². The quantitative estimate of drug-likeness (QED) is 0.902. The second-order valence-electron chi connectivity index (χ2n) is 4.50. The van der Waals surface area contributed by atoms with Gasteiger partial charge in [0.2, 0.25) is 0 Å². The van der Waals surface area contributed by atoms with Gasteiger partial charge < -0.3 is 10.5 Å². The van der Waals surface area contributed by atoms with Crippen LogP contribution in [0.25, 0.3) is 0 Å². The predicted molar refractivity (Wildman–Crippen MR) is 69.9 cm³/mol. The van der Waals surface area contributed by atoms with Crippen LogP contribution in [0.5, 0.6) is 5.75 Å². The maximum absolute atomic E-state index is 5.92. The van der Waals surface area contributed by atoms with Gasteiger partial charge >= 0.3 is 0 Å². The molecule has 0 atom stereocenters. The fourth-order valence-electron chi connectivity index (χ4n) is 1.83. The van der Waals surface area contributed by atoms with Crippen molar-refractivity contribution in [1.82, 2.24) is 0 Å². The first-order chi connectivity index (χ1) is 7.70. The van der Waals surface area contributed by atoms with Crippen molar-refractivity contribution in [2.24, 2.45) is 11.7 Å². The van der Waals surface area contributed by atoms with Crippen molar-refractivity contribution >= 4 is 15.9 Å². The van der Waals surface area contributed by atoms with Gasteiger partial charge in [-0.15, -0.1) is 0 Å². The predicted octanol–water partition coefficient (Wildman–Crippen LogP) is 3.05. The van der Waals surface area contributed by atoms with Gasteiger partial charge in [0.25, 0.3) is 0 Å². The smallest absolute Gasteiger partial charge is 0.125 e. The molecule has 0 amide bonds. The van der Waals surface area contributed by atoms with E-state index in [-0.39, 0.29) is 0 Å². The molecule has 1 saturated carbocycles. The fourth-order valence-corrected chi connectivity index (χ4v) is 2.45. The molecule has 0 bridgehead atoms. The summed E-state index contributed by atoms with van der Waals surface area (Å²) in [4.78, 5) is 0. The normalized spacial score (nSPS) is 15.2. The molecule has 2 N–H and O–H groups in total. The lowest BCUT2D eigenvalue weighted by Crippen LogP contribution is -2.08. The Hall–Kier alpha value is -0.540. The molecule has 1 aliphatic rings. The molecule has 0 aromatic heterocycles. The van der Waals surface area contributed by atoms with E-state index in [4.69, 9.17) is 10.5 Å². The van der Waals surface area contributed by atoms with Crippen molar-refractivity contribution in [3.63, 3.8) is 0 Å². The van der Waals surface area contributed by atoms with E-state index >= 15 is 0 Å². The highest BCUT2D eigenvalue weighted by atomic mass is 79.9. The second kappa shape index (κ2) is 5.19. The molecule has 88 valence electrons. The zero-order chi connectivity index (χ0) is 11.5. The molecule has 0 heterocycles. The number of aryl methyl sites for hydroxylation is 1. The third-order valence-corrected chi connectivity index (χ3v) is 3.35. The molecule has 0 spiro atoms. The topological polar surface area (TPSA) is 35.2 Å². The van der Waals surface area contributed by atoms with Gasteiger partial charge in [-0.3, -0.25) is 0 Å². The highest BCUT2D eigenvalue weighted by Gasteiger charge is 2.22. The zero-order valence-corrected chi connectivity index (χ0v) is 11.2. The van der Waals surface area contributed by atoms with Crippen LogP contribution in [0.1, 0.15) is 24.0 Å². The fraction of sp³-hybridized carbons (Fsp3) is 0.538. The maximum atomic E-state index is 5.92. The molecule has 16 heavy (non-hydrogen) atoms. The Morgan fingerprint density at radius 3 is 2.81 bits per heavy atom. The number of rotatable bonds is 5. The van der Waals surface area contributed by atoms with Gasteiger partial charge in [0.15, 0.2) is 0 Å². The van der Waals surface area contributed by atoms with Gasteiger partial charge in [-0.1, -0.05) is 15.9 Å². The Morgan fingerprint density at radius 2 is 2.19 bits per heavy atom. The Balaban J connectivity index is 2.16. The van der Waals surface area contributed by atoms with Crippen LogP contribution in [-0.4, -0.2) is 13.2 Å². The highest BCUT2D eigenvalue weighted by Crippen LogP contribution is 2.33. The Kier molecular flexibility index (Phi) is 3.87. The van der Waals surface area contributed by atoms with Gasteiger partial charge in [0.1, 0.15) is 5.75 Å². The molecule has 0 aliphatic heterocycles. The van der Waals surface area contributed by atoms with Gasteiger partial charge in [-0.25, -0.2) is 0 Å². The first-order valence-corrected chi connectivity index (χ1v) is 6.62. The van der Waals surface area contributed by atoms with Crippen molar-refractivity contribution in [2.75, 3.05) is 13.2 Å². The summed E-state index contributed by atoms with van der Waals surface area (Å²) >= 11 is 3.51. The van der Waals surface area contributed by atoms with Crippen LogP contribution < -0.4 is 10.5 Å². The number of hydrogen-bond donors (Lipinski definition) is 1. The molecule has 1 aromatic rings. The summed E-state index contributed by atoms with van der Waals surface area (Å²) in [5.41, 5.74) is 8.04. The van der Waals surface area contributed by atoms with Crippen LogP contribution in [0.4, 0.5) is 0 Å². The molecule has 0 unspecified atom stereocenters. The molecule has 0 radical (unpaired) electrons. The van der Waals surface area contributed by atoms with Crippen molar-refractivity contribution in [3.05, 3.63) is 27.7 Å². The van der Waals surface area contributed by atoms with Crippen LogP contribution in [-0.2, 0) is 6.42 Å². The Bertz CT molecular complexity index is 374. The summed E-state index contributed by atoms with van der Waals surface area (Å²) in [5.74, 6) is 1.83. The molecule has 3 heteroatoms. The van der Waals surface area contributed by atoms with Crippen LogP contribution in [0.3, 0.4) is 0 Å². The molecule has 2 nitrogen and oxygen atoms in total. The van der Waals surface area contributed by atoms with Crippen LogP contribution >= 0.6 is 15.9 Å². The van der Waals surface area contributed by atoms with Crippen LogP contribution in [0, 0.1) is 12.8 Å². The molecule has 2 rings (SSSR count). The maximum Gasteiger partial charge on any atom is 0.125 e. The van der Waals surface area contributed by atoms with E-state index in [1.165, 1.54) is 24.0 Å². The Labute approximate surface area is 105 Å². The lowest BCUT2D eigenvalue weighted by atomic mass is 10.1. The van der Waals surface area contributed by atoms with E-state index in [9.17, 15) is 0 Å². The molecular formula is C13H18BrNO. The van der Waals surface area contributed by atoms with E-state index < -0.39 is 0 Å². The standard InChI is InChI=1S/C13H18BrNO/c1-9-6-12(14)7-11(4-5-15)13(9)16-8-10-2-3-10/h6-7,10H,2-5,8,15H2,1H3. The SMILES string of the molecule is Cc1cc(Br)cc(CCN)c1OCC1CC1. The minimum Gasteiger partial charge on any atom is -0.493 e. The van der Waals surface area contributed by atoms with Gasteiger partial charge in [-0.05, 0) is 61.9 Å². The monoisotopic (exact) mass is 283 g/mol. The molecular weight excluding hydrogens is 266 g/mol. The van der Waals surface area contributed by atoms with E-state index in [0.29, 0.717) is 6.54 Å². The lowest BCUT2D eigenvalue weighted by Gasteiger charge is -2.14. The molecule has 1 fully saturated rings. The number of benzene rings is 1. The highest BCUT2D eigenvalue weighted by molar-refractivity contribution is 9.10. The minimum absolute atomic E-state index is 0.662. The molecule has 0 saturated heterocycles. The van der Waals surface area contributed by atoms with E-state index in [2.05, 4.69) is 35.0 Å². The number of halogens is 1. The third kappa shape index (κ3) is 2.98. The van der Waals surface area contributed by atoms with Crippen molar-refractivity contribution in [3.8, 4) is 5.75 Å². The number of nitrogens with two attached hydrogens (primary N) is 1. The molecule has 1 aromatic carbocycles. The summed E-state index contributed by atoms with van der Waals surface area (Å²) in [6, 6.07) is 4.21. The van der Waals surface area contributed by atoms with E-state index in [0.717, 1.165) is 29.2 Å². The van der Waals surface area contributed by atoms with Crippen molar-refractivity contribution in [2.45, 2.75) is 26.2 Å². The average Bonchev–Trinajstić information content (AvgIpc) is 3.00. The van der Waals surface area contributed by atoms with E-state index in [1.54, 1.807) is 0 Å². The summed E-state index contributed by atoms with van der Waals surface area (Å²) < 4.78 is 7.03. The summed E-state index contributed by atoms with van der Waals surface area (Å²) in [7, 11) is 0. The first-order valence-electron chi connectivity index (χ1n) is 5.82. The molecule has 1 aliphatic carbocycles. The minimum atomic E-state index is 0.662. The lowest BCUT2D eigenvalue weighted by molar-refractivity contribution is 0.295. The van der Waals surface area contributed by atoms with Gasteiger partial charge in [0.05, 0.1) is 6.61 Å². The Morgan fingerprint density at radius 1 is 1.44 bits per heavy atom. The van der Waals surface area contributed by atoms with Gasteiger partial charge in [0, 0.05) is 4.47 Å². The summed E-state index contributed by atoms with van der Waals surface area (Å²) in [6.07, 6.45) is 3.52. The number of hydrogen-bond acceptors (Lipinski definition) is 2. The second-order valence-corrected chi connectivity index (χ2v) is 5.42. The van der Waals surface area contributed by atoms with Gasteiger partial charge in [-0.2, -0.15) is 0 Å². The largest absolute Gasteiger partial charge is 0.493 e. The summed E-state index contributed by atoms with van der Waals surface area (Å²) in [6.45, 7) is 3.61. The third-order valence-electron chi connectivity index (χ3n) is 2.89. The first kappa shape index (κ1) is 11.9. The zero-order valence-electron chi connectivity index (χ0n) is 9.63.